The fourth-order valence-electron chi connectivity index (χ4n) is 2.58. The Balaban J connectivity index is 2.05. The molecule has 1 aliphatic rings. The first kappa shape index (κ1) is 20.4. The molecule has 2 N–H and O–H groups in total. The Hall–Kier alpha value is -1.90. The SMILES string of the molecule is CCNC(=NCC(=O)Nc1ccc(F)c(F)c1F)N1CCSC(C)(C)C1. The minimum absolute atomic E-state index is 0.0749. The van der Waals surface area contributed by atoms with E-state index < -0.39 is 29.0 Å². The number of nitrogens with zero attached hydrogens (tertiary/aromatic N) is 2. The molecule has 1 aromatic carbocycles. The lowest BCUT2D eigenvalue weighted by atomic mass is 10.2. The van der Waals surface area contributed by atoms with Gasteiger partial charge < -0.3 is 15.5 Å². The number of carbonyl (C=O) groups excluding carboxylic acids is 1. The molecule has 1 aromatic rings. The molecule has 5 nitrogen and oxygen atoms in total. The summed E-state index contributed by atoms with van der Waals surface area (Å²) < 4.78 is 39.9. The maximum Gasteiger partial charge on any atom is 0.246 e. The van der Waals surface area contributed by atoms with Gasteiger partial charge in [0, 0.05) is 30.1 Å². The van der Waals surface area contributed by atoms with Crippen molar-refractivity contribution in [2.75, 3.05) is 37.2 Å². The number of guanidine groups is 1. The van der Waals surface area contributed by atoms with Crippen LogP contribution in [0.2, 0.25) is 0 Å². The van der Waals surface area contributed by atoms with Crippen LogP contribution in [0.5, 0.6) is 0 Å². The third-order valence-electron chi connectivity index (χ3n) is 3.74. The molecule has 1 saturated heterocycles. The summed E-state index contributed by atoms with van der Waals surface area (Å²) in [6, 6.07) is 1.74. The molecule has 26 heavy (non-hydrogen) atoms. The molecular formula is C17H23F3N4OS. The molecule has 0 radical (unpaired) electrons. The lowest BCUT2D eigenvalue weighted by Crippen LogP contribution is -2.51. The van der Waals surface area contributed by atoms with Crippen molar-refractivity contribution in [3.8, 4) is 0 Å². The molecule has 0 bridgehead atoms. The predicted octanol–water partition coefficient (Wildman–Crippen LogP) is 2.84. The number of thioether (sulfide) groups is 1. The highest BCUT2D eigenvalue weighted by molar-refractivity contribution is 8.00. The minimum atomic E-state index is -1.62. The van der Waals surface area contributed by atoms with Gasteiger partial charge in [-0.1, -0.05) is 0 Å². The van der Waals surface area contributed by atoms with Gasteiger partial charge in [0.2, 0.25) is 5.91 Å². The molecule has 0 atom stereocenters. The molecule has 1 amide bonds. The Morgan fingerprint density at radius 1 is 1.31 bits per heavy atom. The zero-order valence-electron chi connectivity index (χ0n) is 15.0. The second-order valence-corrected chi connectivity index (χ2v) is 8.27. The Labute approximate surface area is 155 Å². The summed E-state index contributed by atoms with van der Waals surface area (Å²) >= 11 is 1.88. The maximum absolute atomic E-state index is 13.6. The third-order valence-corrected chi connectivity index (χ3v) is 5.04. The molecule has 1 aliphatic heterocycles. The van der Waals surface area contributed by atoms with Crippen LogP contribution in [0.1, 0.15) is 20.8 Å². The number of anilines is 1. The van der Waals surface area contributed by atoms with Gasteiger partial charge in [-0.3, -0.25) is 4.79 Å². The smallest absolute Gasteiger partial charge is 0.246 e. The molecule has 144 valence electrons. The van der Waals surface area contributed by atoms with Crippen LogP contribution < -0.4 is 10.6 Å². The number of rotatable bonds is 4. The third kappa shape index (κ3) is 5.30. The molecule has 2 rings (SSSR count). The van der Waals surface area contributed by atoms with E-state index in [-0.39, 0.29) is 11.3 Å². The lowest BCUT2D eigenvalue weighted by Gasteiger charge is -2.39. The first-order chi connectivity index (χ1) is 12.2. The van der Waals surface area contributed by atoms with Crippen LogP contribution >= 0.6 is 11.8 Å². The number of aliphatic imine (C=N–C) groups is 1. The van der Waals surface area contributed by atoms with Gasteiger partial charge in [-0.15, -0.1) is 0 Å². The largest absolute Gasteiger partial charge is 0.357 e. The monoisotopic (exact) mass is 388 g/mol. The minimum Gasteiger partial charge on any atom is -0.357 e. The van der Waals surface area contributed by atoms with Crippen LogP contribution in [0.4, 0.5) is 18.9 Å². The predicted molar refractivity (Wildman–Crippen MR) is 99.0 cm³/mol. The van der Waals surface area contributed by atoms with E-state index in [1.807, 2.05) is 18.7 Å². The van der Waals surface area contributed by atoms with Crippen molar-refractivity contribution in [2.45, 2.75) is 25.5 Å². The number of amides is 1. The second kappa shape index (κ2) is 8.66. The van der Waals surface area contributed by atoms with E-state index in [1.54, 1.807) is 0 Å². The highest BCUT2D eigenvalue weighted by Gasteiger charge is 2.28. The lowest BCUT2D eigenvalue weighted by molar-refractivity contribution is -0.114. The first-order valence-corrected chi connectivity index (χ1v) is 9.32. The van der Waals surface area contributed by atoms with Crippen molar-refractivity contribution in [1.29, 1.82) is 0 Å². The van der Waals surface area contributed by atoms with Gasteiger partial charge in [-0.25, -0.2) is 18.2 Å². The van der Waals surface area contributed by atoms with Gasteiger partial charge in [-0.05, 0) is 32.9 Å². The highest BCUT2D eigenvalue weighted by Crippen LogP contribution is 2.29. The Morgan fingerprint density at radius 2 is 2.04 bits per heavy atom. The maximum atomic E-state index is 13.6. The number of halogens is 3. The fraction of sp³-hybridized carbons (Fsp3) is 0.529. The summed E-state index contributed by atoms with van der Waals surface area (Å²) in [5, 5.41) is 5.36. The van der Waals surface area contributed by atoms with Crippen molar-refractivity contribution in [1.82, 2.24) is 10.2 Å². The van der Waals surface area contributed by atoms with Crippen LogP contribution in [0.3, 0.4) is 0 Å². The topological polar surface area (TPSA) is 56.7 Å². The Bertz CT molecular complexity index is 697. The van der Waals surface area contributed by atoms with Gasteiger partial charge in [-0.2, -0.15) is 11.8 Å². The Kier molecular flexibility index (Phi) is 6.80. The molecule has 0 spiro atoms. The average Bonchev–Trinajstić information content (AvgIpc) is 2.58. The van der Waals surface area contributed by atoms with E-state index in [1.165, 1.54) is 0 Å². The number of hydrogen-bond acceptors (Lipinski definition) is 3. The summed E-state index contributed by atoms with van der Waals surface area (Å²) in [6.45, 7) is 8.18. The number of hydrogen-bond donors (Lipinski definition) is 2. The number of benzene rings is 1. The summed E-state index contributed by atoms with van der Waals surface area (Å²) in [7, 11) is 0. The summed E-state index contributed by atoms with van der Waals surface area (Å²) in [4.78, 5) is 18.4. The normalized spacial score (nSPS) is 17.2. The highest BCUT2D eigenvalue weighted by atomic mass is 32.2. The second-order valence-electron chi connectivity index (χ2n) is 6.47. The van der Waals surface area contributed by atoms with Gasteiger partial charge >= 0.3 is 0 Å². The van der Waals surface area contributed by atoms with Crippen LogP contribution in [0.25, 0.3) is 0 Å². The standard InChI is InChI=1S/C17H23F3N4OS/c1-4-21-16(24-7-8-26-17(2,3)10-24)22-9-13(25)23-12-6-5-11(18)14(19)15(12)20/h5-6H,4,7-10H2,1-3H3,(H,21,22)(H,23,25). The van der Waals surface area contributed by atoms with Gasteiger partial charge in [0.05, 0.1) is 5.69 Å². The van der Waals surface area contributed by atoms with Crippen molar-refractivity contribution in [2.24, 2.45) is 4.99 Å². The zero-order chi connectivity index (χ0) is 19.3. The van der Waals surface area contributed by atoms with Crippen molar-refractivity contribution in [3.63, 3.8) is 0 Å². The van der Waals surface area contributed by atoms with Crippen molar-refractivity contribution < 1.29 is 18.0 Å². The van der Waals surface area contributed by atoms with Crippen molar-refractivity contribution >= 4 is 29.3 Å². The molecule has 1 fully saturated rings. The summed E-state index contributed by atoms with van der Waals surface area (Å²) in [6.07, 6.45) is 0. The molecule has 0 unspecified atom stereocenters. The number of carbonyl (C=O) groups is 1. The number of nitrogens with one attached hydrogen (secondary N) is 2. The van der Waals surface area contributed by atoms with E-state index in [4.69, 9.17) is 0 Å². The molecule has 9 heteroatoms. The van der Waals surface area contributed by atoms with Crippen LogP contribution in [0.15, 0.2) is 17.1 Å². The van der Waals surface area contributed by atoms with E-state index in [0.717, 1.165) is 31.0 Å². The fourth-order valence-corrected chi connectivity index (χ4v) is 3.69. The van der Waals surface area contributed by atoms with E-state index >= 15 is 0 Å². The molecule has 0 saturated carbocycles. The first-order valence-electron chi connectivity index (χ1n) is 8.34. The van der Waals surface area contributed by atoms with Crippen LogP contribution in [-0.2, 0) is 4.79 Å². The van der Waals surface area contributed by atoms with Gasteiger partial charge in [0.25, 0.3) is 0 Å². The molecule has 0 aromatic heterocycles. The van der Waals surface area contributed by atoms with E-state index in [0.29, 0.717) is 12.5 Å². The molecule has 0 aliphatic carbocycles. The van der Waals surface area contributed by atoms with Gasteiger partial charge in [0.1, 0.15) is 6.54 Å². The Morgan fingerprint density at radius 3 is 2.69 bits per heavy atom. The average molecular weight is 388 g/mol. The quantitative estimate of drug-likeness (QED) is 0.473. The van der Waals surface area contributed by atoms with E-state index in [2.05, 4.69) is 34.4 Å². The van der Waals surface area contributed by atoms with Crippen molar-refractivity contribution in [3.05, 3.63) is 29.6 Å². The van der Waals surface area contributed by atoms with Gasteiger partial charge in [0.15, 0.2) is 23.4 Å². The zero-order valence-corrected chi connectivity index (χ0v) is 15.9. The summed E-state index contributed by atoms with van der Waals surface area (Å²) in [5.41, 5.74) is -0.412. The summed E-state index contributed by atoms with van der Waals surface area (Å²) in [5.74, 6) is -3.42. The molecular weight excluding hydrogens is 365 g/mol. The van der Waals surface area contributed by atoms with Crippen LogP contribution in [-0.4, -0.2) is 53.4 Å². The molecule has 1 heterocycles. The van der Waals surface area contributed by atoms with Crippen LogP contribution in [0, 0.1) is 17.5 Å². The van der Waals surface area contributed by atoms with E-state index in [9.17, 15) is 18.0 Å².